The third-order valence-corrected chi connectivity index (χ3v) is 8.46. The Kier molecular flexibility index (Phi) is 10.7. The van der Waals surface area contributed by atoms with Crippen molar-refractivity contribution < 1.29 is 22.7 Å². The predicted octanol–water partition coefficient (Wildman–Crippen LogP) is 5.02. The van der Waals surface area contributed by atoms with Crippen molar-refractivity contribution in [2.24, 2.45) is 0 Å². The Labute approximate surface area is 235 Å². The number of anilines is 1. The van der Waals surface area contributed by atoms with Gasteiger partial charge < -0.3 is 15.0 Å². The van der Waals surface area contributed by atoms with Crippen LogP contribution in [0.15, 0.2) is 42.5 Å². The van der Waals surface area contributed by atoms with E-state index in [-0.39, 0.29) is 24.2 Å². The minimum atomic E-state index is -3.89. The average Bonchev–Trinajstić information content (AvgIpc) is 2.87. The first-order valence-corrected chi connectivity index (χ1v) is 15.4. The summed E-state index contributed by atoms with van der Waals surface area (Å²) in [7, 11) is -3.89. The molecule has 38 heavy (non-hydrogen) atoms. The molecule has 1 saturated carbocycles. The van der Waals surface area contributed by atoms with E-state index in [1.807, 2.05) is 0 Å². The number of halogens is 2. The quantitative estimate of drug-likeness (QED) is 0.400. The van der Waals surface area contributed by atoms with Crippen LogP contribution in [-0.4, -0.2) is 56.6 Å². The summed E-state index contributed by atoms with van der Waals surface area (Å²) in [4.78, 5) is 28.4. The summed E-state index contributed by atoms with van der Waals surface area (Å²) >= 11 is 12.8. The lowest BCUT2D eigenvalue weighted by Crippen LogP contribution is -2.53. The van der Waals surface area contributed by atoms with E-state index in [2.05, 4.69) is 5.32 Å². The standard InChI is InChI=1S/C27H35Cl2N3O5S/c1-4-37-25-16-9-8-15-24(25)32(38(3,35)36)18-26(33)31(17-21-22(28)13-10-14-23(21)29)19(2)27(34)30-20-11-6-5-7-12-20/h8-10,13-16,19-20H,4-7,11-12,17-18H2,1-3H3,(H,30,34). The summed E-state index contributed by atoms with van der Waals surface area (Å²) in [6.07, 6.45) is 6.02. The van der Waals surface area contributed by atoms with Crippen LogP contribution in [0.2, 0.25) is 10.0 Å². The number of para-hydroxylation sites is 2. The summed E-state index contributed by atoms with van der Waals surface area (Å²) in [5, 5.41) is 3.75. The van der Waals surface area contributed by atoms with Gasteiger partial charge in [0.25, 0.3) is 0 Å². The number of nitrogens with one attached hydrogen (secondary N) is 1. The van der Waals surface area contributed by atoms with Gasteiger partial charge in [0.05, 0.1) is 18.6 Å². The Morgan fingerprint density at radius 1 is 1.05 bits per heavy atom. The Morgan fingerprint density at radius 2 is 1.68 bits per heavy atom. The van der Waals surface area contributed by atoms with E-state index in [1.165, 1.54) is 4.90 Å². The summed E-state index contributed by atoms with van der Waals surface area (Å²) in [6, 6.07) is 10.7. The largest absolute Gasteiger partial charge is 0.492 e. The van der Waals surface area contributed by atoms with Gasteiger partial charge >= 0.3 is 0 Å². The summed E-state index contributed by atoms with van der Waals surface area (Å²) < 4.78 is 32.3. The SMILES string of the molecule is CCOc1ccccc1N(CC(=O)N(Cc1c(Cl)cccc1Cl)C(C)C(=O)NC1CCCCC1)S(C)(=O)=O. The van der Waals surface area contributed by atoms with Gasteiger partial charge in [-0.1, -0.05) is 60.7 Å². The maximum absolute atomic E-state index is 13.8. The highest BCUT2D eigenvalue weighted by Gasteiger charge is 2.32. The van der Waals surface area contributed by atoms with Crippen LogP contribution in [0.1, 0.15) is 51.5 Å². The van der Waals surface area contributed by atoms with Crippen molar-refractivity contribution in [3.63, 3.8) is 0 Å². The number of benzene rings is 2. The molecule has 1 N–H and O–H groups in total. The van der Waals surface area contributed by atoms with Crippen LogP contribution in [0.25, 0.3) is 0 Å². The fourth-order valence-corrected chi connectivity index (χ4v) is 5.91. The highest BCUT2D eigenvalue weighted by molar-refractivity contribution is 7.92. The fourth-order valence-electron chi connectivity index (χ4n) is 4.54. The minimum absolute atomic E-state index is 0.0464. The number of sulfonamides is 1. The predicted molar refractivity (Wildman–Crippen MR) is 151 cm³/mol. The topological polar surface area (TPSA) is 96.0 Å². The van der Waals surface area contributed by atoms with Gasteiger partial charge in [0.2, 0.25) is 21.8 Å². The second-order valence-corrected chi connectivity index (χ2v) is 12.1. The second-order valence-electron chi connectivity index (χ2n) is 9.41. The molecule has 3 rings (SSSR count). The van der Waals surface area contributed by atoms with E-state index in [0.29, 0.717) is 28.0 Å². The van der Waals surface area contributed by atoms with Crippen LogP contribution in [0.3, 0.4) is 0 Å². The third-order valence-electron chi connectivity index (χ3n) is 6.62. The van der Waals surface area contributed by atoms with E-state index < -0.39 is 28.5 Å². The first-order valence-electron chi connectivity index (χ1n) is 12.7. The number of nitrogens with zero attached hydrogens (tertiary/aromatic N) is 2. The molecular weight excluding hydrogens is 549 g/mol. The van der Waals surface area contributed by atoms with Crippen molar-refractivity contribution in [1.82, 2.24) is 10.2 Å². The smallest absolute Gasteiger partial charge is 0.244 e. The highest BCUT2D eigenvalue weighted by Crippen LogP contribution is 2.31. The lowest BCUT2D eigenvalue weighted by atomic mass is 9.95. The molecule has 0 heterocycles. The van der Waals surface area contributed by atoms with E-state index >= 15 is 0 Å². The monoisotopic (exact) mass is 583 g/mol. The van der Waals surface area contributed by atoms with Gasteiger partial charge in [-0.3, -0.25) is 13.9 Å². The Balaban J connectivity index is 1.95. The van der Waals surface area contributed by atoms with Gasteiger partial charge in [-0.15, -0.1) is 0 Å². The normalized spacial score (nSPS) is 15.0. The van der Waals surface area contributed by atoms with Crippen LogP contribution >= 0.6 is 23.2 Å². The van der Waals surface area contributed by atoms with Gasteiger partial charge in [0, 0.05) is 28.2 Å². The van der Waals surface area contributed by atoms with E-state index in [4.69, 9.17) is 27.9 Å². The average molecular weight is 585 g/mol. The number of carbonyl (C=O) groups is 2. The molecule has 1 aliphatic rings. The number of hydrogen-bond donors (Lipinski definition) is 1. The third kappa shape index (κ3) is 7.77. The number of ether oxygens (including phenoxy) is 1. The molecule has 8 nitrogen and oxygen atoms in total. The zero-order chi connectivity index (χ0) is 27.9. The molecule has 0 aliphatic heterocycles. The fraction of sp³-hybridized carbons (Fsp3) is 0.481. The van der Waals surface area contributed by atoms with E-state index in [9.17, 15) is 18.0 Å². The van der Waals surface area contributed by atoms with Gasteiger partial charge in [-0.25, -0.2) is 8.42 Å². The Bertz CT molecular complexity index is 1210. The van der Waals surface area contributed by atoms with Gasteiger partial charge in [-0.2, -0.15) is 0 Å². The lowest BCUT2D eigenvalue weighted by Gasteiger charge is -2.33. The molecule has 208 valence electrons. The molecule has 2 aromatic carbocycles. The molecule has 0 bridgehead atoms. The lowest BCUT2D eigenvalue weighted by molar-refractivity contribution is -0.139. The first kappa shape index (κ1) is 30.1. The number of amides is 2. The summed E-state index contributed by atoms with van der Waals surface area (Å²) in [6.45, 7) is 3.12. The van der Waals surface area contributed by atoms with Gasteiger partial charge in [0.15, 0.2) is 0 Å². The van der Waals surface area contributed by atoms with Crippen LogP contribution in [0.5, 0.6) is 5.75 Å². The van der Waals surface area contributed by atoms with Crippen molar-refractivity contribution in [2.45, 2.75) is 64.6 Å². The van der Waals surface area contributed by atoms with Crippen molar-refractivity contribution >= 4 is 50.7 Å². The summed E-state index contributed by atoms with van der Waals surface area (Å²) in [5.74, 6) is -0.560. The molecule has 0 radical (unpaired) electrons. The van der Waals surface area contributed by atoms with Crippen molar-refractivity contribution in [2.75, 3.05) is 23.7 Å². The first-order chi connectivity index (χ1) is 18.0. The number of hydrogen-bond acceptors (Lipinski definition) is 5. The molecule has 1 unspecified atom stereocenters. The molecule has 0 saturated heterocycles. The van der Waals surface area contributed by atoms with E-state index in [1.54, 1.807) is 56.3 Å². The maximum atomic E-state index is 13.8. The molecule has 2 amide bonds. The van der Waals surface area contributed by atoms with E-state index in [0.717, 1.165) is 42.7 Å². The number of carbonyl (C=O) groups excluding carboxylic acids is 2. The molecule has 1 fully saturated rings. The van der Waals surface area contributed by atoms with Crippen LogP contribution in [0.4, 0.5) is 5.69 Å². The van der Waals surface area contributed by atoms with Crippen LogP contribution in [0, 0.1) is 0 Å². The number of rotatable bonds is 11. The molecule has 1 aliphatic carbocycles. The molecule has 11 heteroatoms. The van der Waals surface area contributed by atoms with Crippen molar-refractivity contribution in [3.05, 3.63) is 58.1 Å². The minimum Gasteiger partial charge on any atom is -0.492 e. The summed E-state index contributed by atoms with van der Waals surface area (Å²) in [5.41, 5.74) is 0.711. The van der Waals surface area contributed by atoms with Crippen molar-refractivity contribution in [1.29, 1.82) is 0 Å². The van der Waals surface area contributed by atoms with Crippen LogP contribution in [-0.2, 0) is 26.2 Å². The van der Waals surface area contributed by atoms with Crippen molar-refractivity contribution in [3.8, 4) is 5.75 Å². The van der Waals surface area contributed by atoms with Crippen LogP contribution < -0.4 is 14.4 Å². The molecule has 2 aromatic rings. The zero-order valence-electron chi connectivity index (χ0n) is 22.0. The Morgan fingerprint density at radius 3 is 2.29 bits per heavy atom. The molecular formula is C27H35Cl2N3O5S. The zero-order valence-corrected chi connectivity index (χ0v) is 24.3. The van der Waals surface area contributed by atoms with Gasteiger partial charge in [-0.05, 0) is 51.0 Å². The van der Waals surface area contributed by atoms with Gasteiger partial charge in [0.1, 0.15) is 18.3 Å². The second kappa shape index (κ2) is 13.5. The Hall–Kier alpha value is -2.49. The molecule has 0 spiro atoms. The maximum Gasteiger partial charge on any atom is 0.244 e. The molecule has 1 atom stereocenters. The highest BCUT2D eigenvalue weighted by atomic mass is 35.5. The molecule has 0 aromatic heterocycles.